The smallest absolute Gasteiger partial charge is 0.189 e. The quantitative estimate of drug-likeness (QED) is 0.791. The minimum absolute atomic E-state index is 0.0704. The molecule has 78 valence electrons. The maximum Gasteiger partial charge on any atom is 0.189 e. The normalized spacial score (nSPS) is 12.8. The van der Waals surface area contributed by atoms with Gasteiger partial charge in [-0.05, 0) is 18.6 Å². The van der Waals surface area contributed by atoms with Crippen LogP contribution < -0.4 is 5.73 Å². The summed E-state index contributed by atoms with van der Waals surface area (Å²) in [4.78, 5) is 12.2. The molecule has 1 unspecified atom stereocenters. The van der Waals surface area contributed by atoms with Crippen molar-refractivity contribution in [2.45, 2.75) is 12.5 Å². The van der Waals surface area contributed by atoms with Crippen molar-refractivity contribution < 1.29 is 9.53 Å². The van der Waals surface area contributed by atoms with E-state index in [0.717, 1.165) is 0 Å². The Labute approximate surface area is 91.8 Å². The summed E-state index contributed by atoms with van der Waals surface area (Å²) in [5.74, 6) is -0.0704. The van der Waals surface area contributed by atoms with Crippen molar-refractivity contribution in [1.82, 2.24) is 0 Å². The van der Waals surface area contributed by atoms with E-state index in [1.165, 1.54) is 11.3 Å². The summed E-state index contributed by atoms with van der Waals surface area (Å²) in [5.41, 5.74) is 5.68. The van der Waals surface area contributed by atoms with Gasteiger partial charge in [0.1, 0.15) is 0 Å². The first-order chi connectivity index (χ1) is 6.65. The molecule has 0 aliphatic heterocycles. The van der Waals surface area contributed by atoms with Gasteiger partial charge in [-0.2, -0.15) is 0 Å². The van der Waals surface area contributed by atoms with Crippen LogP contribution in [0.15, 0.2) is 12.1 Å². The van der Waals surface area contributed by atoms with Gasteiger partial charge in [-0.25, -0.2) is 0 Å². The Kier molecular flexibility index (Phi) is 4.54. The average molecular weight is 234 g/mol. The molecule has 0 spiro atoms. The maximum absolute atomic E-state index is 11.6. The van der Waals surface area contributed by atoms with E-state index in [2.05, 4.69) is 0 Å². The Morgan fingerprint density at radius 1 is 1.71 bits per heavy atom. The number of thiophene rings is 1. The van der Waals surface area contributed by atoms with Gasteiger partial charge in [0.05, 0.1) is 15.3 Å². The van der Waals surface area contributed by atoms with Gasteiger partial charge in [-0.3, -0.25) is 4.79 Å². The van der Waals surface area contributed by atoms with E-state index < -0.39 is 6.04 Å². The Bertz CT molecular complexity index is 314. The lowest BCUT2D eigenvalue weighted by Gasteiger charge is -2.07. The molecule has 0 amide bonds. The standard InChI is InChI=1S/C9H12ClNO2S/c1-13-5-4-6(11)9(12)7-2-3-8(10)14-7/h2-3,6H,4-5,11H2,1H3. The zero-order valence-corrected chi connectivity index (χ0v) is 9.40. The van der Waals surface area contributed by atoms with Crippen molar-refractivity contribution in [1.29, 1.82) is 0 Å². The molecule has 14 heavy (non-hydrogen) atoms. The highest BCUT2D eigenvalue weighted by molar-refractivity contribution is 7.18. The Hall–Kier alpha value is -0.420. The lowest BCUT2D eigenvalue weighted by atomic mass is 10.1. The first kappa shape index (κ1) is 11.7. The fourth-order valence-corrected chi connectivity index (χ4v) is 2.05. The van der Waals surface area contributed by atoms with Gasteiger partial charge in [-0.1, -0.05) is 11.6 Å². The highest BCUT2D eigenvalue weighted by atomic mass is 35.5. The molecule has 0 aromatic carbocycles. The van der Waals surface area contributed by atoms with Crippen LogP contribution in [0.1, 0.15) is 16.1 Å². The van der Waals surface area contributed by atoms with Crippen molar-refractivity contribution >= 4 is 28.7 Å². The second kappa shape index (κ2) is 5.46. The second-order valence-electron chi connectivity index (χ2n) is 2.86. The zero-order chi connectivity index (χ0) is 10.6. The number of nitrogens with two attached hydrogens (primary N) is 1. The number of hydrogen-bond donors (Lipinski definition) is 1. The van der Waals surface area contributed by atoms with Crippen molar-refractivity contribution in [2.24, 2.45) is 5.73 Å². The molecular weight excluding hydrogens is 222 g/mol. The third-order valence-electron chi connectivity index (χ3n) is 1.79. The van der Waals surface area contributed by atoms with Crippen LogP contribution in [0.3, 0.4) is 0 Å². The Morgan fingerprint density at radius 3 is 2.93 bits per heavy atom. The Morgan fingerprint density at radius 2 is 2.43 bits per heavy atom. The van der Waals surface area contributed by atoms with E-state index in [1.807, 2.05) is 0 Å². The van der Waals surface area contributed by atoms with E-state index in [9.17, 15) is 4.79 Å². The largest absolute Gasteiger partial charge is 0.385 e. The molecule has 1 heterocycles. The molecule has 0 bridgehead atoms. The zero-order valence-electron chi connectivity index (χ0n) is 7.83. The van der Waals surface area contributed by atoms with Crippen molar-refractivity contribution in [3.8, 4) is 0 Å². The number of ether oxygens (including phenoxy) is 1. The Balaban J connectivity index is 2.56. The number of Topliss-reactive ketones (excluding diaryl/α,β-unsaturated/α-hetero) is 1. The van der Waals surface area contributed by atoms with E-state index in [0.29, 0.717) is 22.2 Å². The molecule has 0 radical (unpaired) electrons. The highest BCUT2D eigenvalue weighted by Crippen LogP contribution is 2.22. The van der Waals surface area contributed by atoms with Gasteiger partial charge < -0.3 is 10.5 Å². The number of carbonyl (C=O) groups is 1. The van der Waals surface area contributed by atoms with Crippen LogP contribution in [0, 0.1) is 0 Å². The summed E-state index contributed by atoms with van der Waals surface area (Å²) in [6.07, 6.45) is 0.533. The topological polar surface area (TPSA) is 52.3 Å². The third-order valence-corrected chi connectivity index (χ3v) is 3.03. The lowest BCUT2D eigenvalue weighted by molar-refractivity contribution is 0.0939. The first-order valence-electron chi connectivity index (χ1n) is 4.19. The number of methoxy groups -OCH3 is 1. The SMILES string of the molecule is COCCC(N)C(=O)c1ccc(Cl)s1. The van der Waals surface area contributed by atoms with E-state index in [1.54, 1.807) is 19.2 Å². The molecule has 0 fully saturated rings. The van der Waals surface area contributed by atoms with Crippen LogP contribution in [0.5, 0.6) is 0 Å². The third kappa shape index (κ3) is 3.06. The minimum Gasteiger partial charge on any atom is -0.385 e. The van der Waals surface area contributed by atoms with E-state index in [4.69, 9.17) is 22.1 Å². The fourth-order valence-electron chi connectivity index (χ4n) is 1.01. The van der Waals surface area contributed by atoms with Crippen LogP contribution >= 0.6 is 22.9 Å². The molecule has 1 atom stereocenters. The minimum atomic E-state index is -0.496. The molecule has 0 aliphatic carbocycles. The molecule has 1 aromatic heterocycles. The predicted octanol–water partition coefficient (Wildman–Crippen LogP) is 1.95. The van der Waals surface area contributed by atoms with Crippen molar-refractivity contribution in [2.75, 3.05) is 13.7 Å². The van der Waals surface area contributed by atoms with Crippen LogP contribution in [0.2, 0.25) is 4.34 Å². The average Bonchev–Trinajstić information content (AvgIpc) is 2.60. The summed E-state index contributed by atoms with van der Waals surface area (Å²) in [6.45, 7) is 0.492. The van der Waals surface area contributed by atoms with Gasteiger partial charge in [0.2, 0.25) is 0 Å². The summed E-state index contributed by atoms with van der Waals surface area (Å²) in [5, 5.41) is 0. The number of halogens is 1. The number of rotatable bonds is 5. The van der Waals surface area contributed by atoms with Crippen LogP contribution in [0.25, 0.3) is 0 Å². The van der Waals surface area contributed by atoms with Crippen LogP contribution in [-0.4, -0.2) is 25.5 Å². The molecule has 0 saturated heterocycles. The van der Waals surface area contributed by atoms with Gasteiger partial charge in [-0.15, -0.1) is 11.3 Å². The van der Waals surface area contributed by atoms with Gasteiger partial charge in [0, 0.05) is 13.7 Å². The molecule has 3 nitrogen and oxygen atoms in total. The number of carbonyl (C=O) groups excluding carboxylic acids is 1. The van der Waals surface area contributed by atoms with Crippen LogP contribution in [-0.2, 0) is 4.74 Å². The number of ketones is 1. The molecule has 2 N–H and O–H groups in total. The first-order valence-corrected chi connectivity index (χ1v) is 5.38. The highest BCUT2D eigenvalue weighted by Gasteiger charge is 2.16. The summed E-state index contributed by atoms with van der Waals surface area (Å²) < 4.78 is 5.45. The van der Waals surface area contributed by atoms with Gasteiger partial charge in [0.25, 0.3) is 0 Å². The summed E-state index contributed by atoms with van der Waals surface area (Å²) in [7, 11) is 1.58. The molecular formula is C9H12ClNO2S. The molecule has 5 heteroatoms. The summed E-state index contributed by atoms with van der Waals surface area (Å²) in [6, 6.07) is 2.90. The van der Waals surface area contributed by atoms with E-state index >= 15 is 0 Å². The van der Waals surface area contributed by atoms with Gasteiger partial charge in [0.15, 0.2) is 5.78 Å². The van der Waals surface area contributed by atoms with E-state index in [-0.39, 0.29) is 5.78 Å². The van der Waals surface area contributed by atoms with Crippen molar-refractivity contribution in [3.05, 3.63) is 21.3 Å². The molecule has 0 saturated carbocycles. The monoisotopic (exact) mass is 233 g/mol. The lowest BCUT2D eigenvalue weighted by Crippen LogP contribution is -2.31. The summed E-state index contributed by atoms with van der Waals surface area (Å²) >= 11 is 6.97. The maximum atomic E-state index is 11.6. The molecule has 1 rings (SSSR count). The molecule has 1 aromatic rings. The molecule has 0 aliphatic rings. The second-order valence-corrected chi connectivity index (χ2v) is 4.57. The van der Waals surface area contributed by atoms with Gasteiger partial charge >= 0.3 is 0 Å². The number of hydrogen-bond acceptors (Lipinski definition) is 4. The van der Waals surface area contributed by atoms with Crippen LogP contribution in [0.4, 0.5) is 0 Å². The predicted molar refractivity (Wildman–Crippen MR) is 58.1 cm³/mol. The fraction of sp³-hybridized carbons (Fsp3) is 0.444. The van der Waals surface area contributed by atoms with Crippen molar-refractivity contribution in [3.63, 3.8) is 0 Å².